The van der Waals surface area contributed by atoms with Crippen LogP contribution < -0.4 is 0 Å². The summed E-state index contributed by atoms with van der Waals surface area (Å²) in [7, 11) is 1.72. The van der Waals surface area contributed by atoms with Crippen LogP contribution in [-0.4, -0.2) is 83.1 Å². The maximum atomic E-state index is 13.6. The van der Waals surface area contributed by atoms with E-state index in [-0.39, 0.29) is 11.9 Å². The number of likely N-dealkylation sites (tertiary alicyclic amines) is 1. The molecule has 0 bridgehead atoms. The van der Waals surface area contributed by atoms with Crippen LogP contribution in [0.25, 0.3) is 0 Å². The van der Waals surface area contributed by atoms with Gasteiger partial charge in [0.15, 0.2) is 0 Å². The van der Waals surface area contributed by atoms with Gasteiger partial charge in [-0.1, -0.05) is 13.8 Å². The Balaban J connectivity index is 1.70. The zero-order chi connectivity index (χ0) is 22.4. The molecule has 0 radical (unpaired) electrons. The molecule has 172 valence electrons. The first-order valence-corrected chi connectivity index (χ1v) is 11.6. The summed E-state index contributed by atoms with van der Waals surface area (Å²) in [5.41, 5.74) is 0.507. The fourth-order valence-corrected chi connectivity index (χ4v) is 4.83. The van der Waals surface area contributed by atoms with Crippen LogP contribution in [0.1, 0.15) is 52.0 Å². The van der Waals surface area contributed by atoms with Crippen molar-refractivity contribution in [2.45, 2.75) is 64.5 Å². The molecule has 3 heterocycles. The molecule has 3 rings (SSSR count). The molecule has 3 amide bonds. The minimum Gasteiger partial charge on any atom is -0.383 e. The van der Waals surface area contributed by atoms with E-state index in [1.54, 1.807) is 19.5 Å². The SMILES string of the molecule is COC[C@H](C)N1CCC2(CC1)C(=O)N(CCCc1ccncc1)C(=O)N2CCC(C)C. The molecule has 7 nitrogen and oxygen atoms in total. The van der Waals surface area contributed by atoms with Crippen molar-refractivity contribution in [1.29, 1.82) is 0 Å². The van der Waals surface area contributed by atoms with Crippen LogP contribution in [-0.2, 0) is 16.0 Å². The van der Waals surface area contributed by atoms with E-state index in [1.165, 1.54) is 10.5 Å². The number of carbonyl (C=O) groups is 2. The first-order chi connectivity index (χ1) is 14.9. The monoisotopic (exact) mass is 430 g/mol. The van der Waals surface area contributed by atoms with Gasteiger partial charge in [0.25, 0.3) is 5.91 Å². The van der Waals surface area contributed by atoms with Gasteiger partial charge in [0.05, 0.1) is 6.61 Å². The van der Waals surface area contributed by atoms with Crippen molar-refractivity contribution in [3.05, 3.63) is 30.1 Å². The highest BCUT2D eigenvalue weighted by Gasteiger charge is 2.57. The van der Waals surface area contributed by atoms with Gasteiger partial charge in [0, 0.05) is 51.7 Å². The van der Waals surface area contributed by atoms with Gasteiger partial charge in [-0.05, 0) is 62.6 Å². The van der Waals surface area contributed by atoms with Gasteiger partial charge in [0.2, 0.25) is 0 Å². The van der Waals surface area contributed by atoms with E-state index in [0.717, 1.165) is 32.4 Å². The van der Waals surface area contributed by atoms with Gasteiger partial charge in [-0.15, -0.1) is 0 Å². The quantitative estimate of drug-likeness (QED) is 0.534. The third kappa shape index (κ3) is 5.26. The molecule has 0 aliphatic carbocycles. The number of hydrogen-bond acceptors (Lipinski definition) is 5. The average Bonchev–Trinajstić information content (AvgIpc) is 2.94. The molecule has 1 atom stereocenters. The zero-order valence-corrected chi connectivity index (χ0v) is 19.5. The lowest BCUT2D eigenvalue weighted by molar-refractivity contribution is -0.136. The molecule has 0 saturated carbocycles. The Morgan fingerprint density at radius 1 is 1.10 bits per heavy atom. The lowest BCUT2D eigenvalue weighted by Crippen LogP contribution is -2.58. The van der Waals surface area contributed by atoms with E-state index in [0.29, 0.717) is 44.5 Å². The molecule has 1 aromatic heterocycles. The summed E-state index contributed by atoms with van der Waals surface area (Å²) in [6, 6.07) is 4.19. The summed E-state index contributed by atoms with van der Waals surface area (Å²) in [6.07, 6.45) is 7.48. The van der Waals surface area contributed by atoms with Gasteiger partial charge < -0.3 is 9.64 Å². The third-order valence-corrected chi connectivity index (χ3v) is 6.80. The molecule has 7 heteroatoms. The predicted octanol–water partition coefficient (Wildman–Crippen LogP) is 3.19. The van der Waals surface area contributed by atoms with Crippen molar-refractivity contribution < 1.29 is 14.3 Å². The van der Waals surface area contributed by atoms with Gasteiger partial charge in [-0.2, -0.15) is 0 Å². The molecule has 31 heavy (non-hydrogen) atoms. The smallest absolute Gasteiger partial charge is 0.327 e. The Hall–Kier alpha value is -1.99. The first kappa shape index (κ1) is 23.7. The minimum absolute atomic E-state index is 0.00929. The number of piperidine rings is 1. The second kappa shape index (κ2) is 10.6. The van der Waals surface area contributed by atoms with Crippen LogP contribution in [0.5, 0.6) is 0 Å². The van der Waals surface area contributed by atoms with Crippen LogP contribution in [0.3, 0.4) is 0 Å². The number of rotatable bonds is 10. The van der Waals surface area contributed by atoms with E-state index in [2.05, 4.69) is 30.7 Å². The lowest BCUT2D eigenvalue weighted by atomic mass is 9.85. The van der Waals surface area contributed by atoms with Crippen molar-refractivity contribution in [3.63, 3.8) is 0 Å². The number of ether oxygens (including phenoxy) is 1. The van der Waals surface area contributed by atoms with Crippen molar-refractivity contribution in [3.8, 4) is 0 Å². The molecule has 1 spiro atoms. The Morgan fingerprint density at radius 2 is 1.77 bits per heavy atom. The largest absolute Gasteiger partial charge is 0.383 e. The Bertz CT molecular complexity index is 732. The van der Waals surface area contributed by atoms with Crippen molar-refractivity contribution in [2.24, 2.45) is 5.92 Å². The van der Waals surface area contributed by atoms with Crippen molar-refractivity contribution >= 4 is 11.9 Å². The normalized spacial score (nSPS) is 20.3. The van der Waals surface area contributed by atoms with Gasteiger partial charge >= 0.3 is 6.03 Å². The van der Waals surface area contributed by atoms with E-state index in [1.807, 2.05) is 17.0 Å². The number of methoxy groups -OCH3 is 1. The van der Waals surface area contributed by atoms with Crippen LogP contribution in [0.4, 0.5) is 4.79 Å². The zero-order valence-electron chi connectivity index (χ0n) is 19.5. The van der Waals surface area contributed by atoms with E-state index in [4.69, 9.17) is 4.74 Å². The number of aromatic nitrogens is 1. The summed E-state index contributed by atoms with van der Waals surface area (Å²) in [5, 5.41) is 0. The molecule has 0 aromatic carbocycles. The van der Waals surface area contributed by atoms with E-state index >= 15 is 0 Å². The standard InChI is InChI=1S/C24H38N4O3/c1-19(2)9-15-28-23(30)27(14-5-6-21-7-12-25-13-8-21)22(29)24(28)10-16-26(17-11-24)20(3)18-31-4/h7-8,12-13,19-20H,5-6,9-11,14-18H2,1-4H3/t20-/m0/s1. The number of urea groups is 1. The predicted molar refractivity (Wildman–Crippen MR) is 121 cm³/mol. The van der Waals surface area contributed by atoms with Crippen LogP contribution in [0, 0.1) is 5.92 Å². The number of imide groups is 1. The molecular formula is C24H38N4O3. The summed E-state index contributed by atoms with van der Waals surface area (Å²) in [6.45, 7) is 9.91. The molecule has 2 aliphatic heterocycles. The highest BCUT2D eigenvalue weighted by Crippen LogP contribution is 2.38. The summed E-state index contributed by atoms with van der Waals surface area (Å²) < 4.78 is 5.31. The molecule has 0 N–H and O–H groups in total. The summed E-state index contributed by atoms with van der Waals surface area (Å²) in [5.74, 6) is 0.498. The Kier molecular flexibility index (Phi) is 8.06. The second-order valence-corrected chi connectivity index (χ2v) is 9.40. The van der Waals surface area contributed by atoms with E-state index < -0.39 is 5.54 Å². The molecule has 2 saturated heterocycles. The number of hydrogen-bond donors (Lipinski definition) is 0. The van der Waals surface area contributed by atoms with Crippen LogP contribution in [0.2, 0.25) is 0 Å². The number of amides is 3. The Labute approximate surface area is 186 Å². The minimum atomic E-state index is -0.675. The van der Waals surface area contributed by atoms with Crippen LogP contribution in [0.15, 0.2) is 24.5 Å². The first-order valence-electron chi connectivity index (χ1n) is 11.6. The maximum absolute atomic E-state index is 13.6. The molecule has 0 unspecified atom stereocenters. The highest BCUT2D eigenvalue weighted by molar-refractivity contribution is 6.07. The average molecular weight is 431 g/mol. The van der Waals surface area contributed by atoms with Crippen molar-refractivity contribution in [2.75, 3.05) is 39.9 Å². The van der Waals surface area contributed by atoms with Gasteiger partial charge in [-0.25, -0.2) is 4.79 Å². The third-order valence-electron chi connectivity index (χ3n) is 6.80. The maximum Gasteiger partial charge on any atom is 0.327 e. The van der Waals surface area contributed by atoms with Crippen molar-refractivity contribution in [1.82, 2.24) is 19.7 Å². The number of carbonyl (C=O) groups excluding carboxylic acids is 2. The van der Waals surface area contributed by atoms with Gasteiger partial charge in [0.1, 0.15) is 5.54 Å². The fraction of sp³-hybridized carbons (Fsp3) is 0.708. The Morgan fingerprint density at radius 3 is 2.39 bits per heavy atom. The van der Waals surface area contributed by atoms with E-state index in [9.17, 15) is 9.59 Å². The fourth-order valence-electron chi connectivity index (χ4n) is 4.83. The highest BCUT2D eigenvalue weighted by atomic mass is 16.5. The molecule has 1 aromatic rings. The molecule has 2 fully saturated rings. The topological polar surface area (TPSA) is 66.0 Å². The summed E-state index contributed by atoms with van der Waals surface area (Å²) in [4.78, 5) is 36.8. The number of pyridine rings is 1. The van der Waals surface area contributed by atoms with Gasteiger partial charge in [-0.3, -0.25) is 19.6 Å². The molecular weight excluding hydrogens is 392 g/mol. The second-order valence-electron chi connectivity index (χ2n) is 9.40. The number of aryl methyl sites for hydroxylation is 1. The molecule has 2 aliphatic rings. The van der Waals surface area contributed by atoms with Crippen LogP contribution >= 0.6 is 0 Å². The summed E-state index contributed by atoms with van der Waals surface area (Å²) >= 11 is 0. The number of nitrogens with zero attached hydrogens (tertiary/aromatic N) is 4. The lowest BCUT2D eigenvalue weighted by Gasteiger charge is -2.44.